The molecule has 0 unspecified atom stereocenters. The van der Waals surface area contributed by atoms with E-state index in [9.17, 15) is 13.6 Å². The Hall–Kier alpha value is -5.79. The average molecular weight is 821 g/mol. The van der Waals surface area contributed by atoms with E-state index in [1.165, 1.54) is 30.3 Å². The molecule has 2 aromatic heterocycles. The molecule has 11 nitrogen and oxygen atoms in total. The minimum absolute atomic E-state index is 0.165. The van der Waals surface area contributed by atoms with Crippen molar-refractivity contribution in [2.75, 3.05) is 66.7 Å². The Labute approximate surface area is 347 Å². The number of piperidine rings is 2. The molecule has 13 heteroatoms. The number of methoxy groups -OCH3 is 2. The highest BCUT2D eigenvalue weighted by atomic mass is 19.1. The van der Waals surface area contributed by atoms with Gasteiger partial charge in [0.1, 0.15) is 11.6 Å². The van der Waals surface area contributed by atoms with E-state index in [-0.39, 0.29) is 17.4 Å². The molecule has 0 saturated carbocycles. The van der Waals surface area contributed by atoms with E-state index in [0.717, 1.165) is 106 Å². The van der Waals surface area contributed by atoms with Gasteiger partial charge in [-0.15, -0.1) is 0 Å². The Morgan fingerprint density at radius 2 is 1.17 bits per heavy atom. The number of benzene rings is 4. The number of hydrogen-bond donors (Lipinski definition) is 0. The summed E-state index contributed by atoms with van der Waals surface area (Å²) >= 11 is 0. The predicted molar refractivity (Wildman–Crippen MR) is 224 cm³/mol. The van der Waals surface area contributed by atoms with E-state index in [1.54, 1.807) is 50.6 Å². The zero-order chi connectivity index (χ0) is 41.4. The third kappa shape index (κ3) is 9.63. The summed E-state index contributed by atoms with van der Waals surface area (Å²) in [5.74, 6) is 2.12. The molecule has 4 aromatic carbocycles. The second-order valence-corrected chi connectivity index (χ2v) is 15.5. The van der Waals surface area contributed by atoms with Crippen molar-refractivity contribution in [1.29, 1.82) is 0 Å². The summed E-state index contributed by atoms with van der Waals surface area (Å²) in [5, 5.41) is 10.3. The zero-order valence-electron chi connectivity index (χ0n) is 34.0. The predicted octanol–water partition coefficient (Wildman–Crippen LogP) is 9.46. The summed E-state index contributed by atoms with van der Waals surface area (Å²) < 4.78 is 61.3. The molecule has 2 saturated heterocycles. The molecule has 0 aliphatic carbocycles. The summed E-state index contributed by atoms with van der Waals surface area (Å²) in [6.07, 6.45) is 8.86. The van der Waals surface area contributed by atoms with E-state index >= 15 is 0 Å². The van der Waals surface area contributed by atoms with Crippen LogP contribution in [0.1, 0.15) is 77.7 Å². The molecule has 0 atom stereocenters. The number of nitrogens with zero attached hydrogens (tertiary/aromatic N) is 4. The van der Waals surface area contributed by atoms with Crippen LogP contribution < -0.4 is 18.9 Å². The Morgan fingerprint density at radius 3 is 1.68 bits per heavy atom. The zero-order valence-corrected chi connectivity index (χ0v) is 34.0. The van der Waals surface area contributed by atoms with Crippen LogP contribution in [0.4, 0.5) is 8.78 Å². The fraction of sp³-hybridized carbons (Fsp3) is 0.383. The minimum atomic E-state index is -0.322. The first-order valence-corrected chi connectivity index (χ1v) is 20.7. The lowest BCUT2D eigenvalue weighted by atomic mass is 9.91. The average Bonchev–Trinajstić information content (AvgIpc) is 3.90. The van der Waals surface area contributed by atoms with E-state index in [4.69, 9.17) is 28.0 Å². The van der Waals surface area contributed by atoms with Gasteiger partial charge in [-0.25, -0.2) is 8.78 Å². The van der Waals surface area contributed by atoms with Gasteiger partial charge in [0.25, 0.3) is 0 Å². The molecule has 0 amide bonds. The summed E-state index contributed by atoms with van der Waals surface area (Å²) in [6, 6.07) is 20.1. The second-order valence-electron chi connectivity index (χ2n) is 15.5. The van der Waals surface area contributed by atoms with Gasteiger partial charge in [0.15, 0.2) is 39.9 Å². The molecule has 2 aliphatic heterocycles. The Morgan fingerprint density at radius 1 is 0.667 bits per heavy atom. The third-order valence-electron chi connectivity index (χ3n) is 11.7. The van der Waals surface area contributed by atoms with Crippen molar-refractivity contribution >= 4 is 33.8 Å². The number of carbonyl (C=O) groups is 1. The van der Waals surface area contributed by atoms with Crippen LogP contribution in [0.2, 0.25) is 0 Å². The van der Waals surface area contributed by atoms with Crippen molar-refractivity contribution in [3.63, 3.8) is 0 Å². The molecular weight excluding hydrogens is 771 g/mol. The fourth-order valence-electron chi connectivity index (χ4n) is 8.37. The number of aromatic nitrogens is 2. The number of carbonyl (C=O) groups excluding carboxylic acids is 1. The molecule has 0 N–H and O–H groups in total. The first-order valence-electron chi connectivity index (χ1n) is 20.7. The van der Waals surface area contributed by atoms with Gasteiger partial charge < -0.3 is 37.8 Å². The number of allylic oxidation sites excluding steroid dienone is 1. The molecule has 60 heavy (non-hydrogen) atoms. The van der Waals surface area contributed by atoms with Gasteiger partial charge in [0.05, 0.1) is 38.8 Å². The first kappa shape index (κ1) is 41.0. The van der Waals surface area contributed by atoms with Crippen LogP contribution in [0.5, 0.6) is 23.0 Å². The smallest absolute Gasteiger partial charge is 0.185 e. The number of ether oxygens (including phenoxy) is 4. The number of hydrogen-bond acceptors (Lipinski definition) is 11. The molecular formula is C47H50F2N4O7. The monoisotopic (exact) mass is 820 g/mol. The van der Waals surface area contributed by atoms with Gasteiger partial charge in [0, 0.05) is 53.4 Å². The van der Waals surface area contributed by atoms with Crippen molar-refractivity contribution in [2.45, 2.75) is 50.4 Å². The van der Waals surface area contributed by atoms with Gasteiger partial charge in [-0.2, -0.15) is 0 Å². The summed E-state index contributed by atoms with van der Waals surface area (Å²) in [5.41, 5.74) is 4.14. The van der Waals surface area contributed by atoms with Crippen LogP contribution in [0.15, 0.2) is 87.9 Å². The molecule has 0 spiro atoms. The molecule has 314 valence electrons. The highest BCUT2D eigenvalue weighted by Crippen LogP contribution is 2.35. The van der Waals surface area contributed by atoms with E-state index in [1.807, 2.05) is 18.2 Å². The van der Waals surface area contributed by atoms with Gasteiger partial charge in [-0.3, -0.25) is 4.79 Å². The molecule has 0 bridgehead atoms. The van der Waals surface area contributed by atoms with Crippen molar-refractivity contribution in [3.8, 4) is 23.0 Å². The van der Waals surface area contributed by atoms with Gasteiger partial charge in [0.2, 0.25) is 0 Å². The summed E-state index contributed by atoms with van der Waals surface area (Å²) in [6.45, 7) is 6.65. The molecule has 0 radical (unpaired) electrons. The van der Waals surface area contributed by atoms with E-state index in [2.05, 4.69) is 20.1 Å². The molecule has 2 fully saturated rings. The Balaban J connectivity index is 0.749. The van der Waals surface area contributed by atoms with Crippen molar-refractivity contribution < 1.29 is 41.6 Å². The topological polar surface area (TPSA) is 113 Å². The molecule has 4 heterocycles. The fourth-order valence-corrected chi connectivity index (χ4v) is 8.37. The number of likely N-dealkylation sites (tertiary alicyclic amines) is 2. The number of halogens is 2. The molecule has 2 aliphatic rings. The van der Waals surface area contributed by atoms with Crippen LogP contribution in [0, 0.1) is 11.6 Å². The first-order chi connectivity index (χ1) is 29.3. The normalized spacial score (nSPS) is 15.9. The minimum Gasteiger partial charge on any atom is -0.493 e. The van der Waals surface area contributed by atoms with Crippen molar-refractivity contribution in [2.24, 2.45) is 0 Å². The maximum absolute atomic E-state index is 13.6. The lowest BCUT2D eigenvalue weighted by Crippen LogP contribution is -2.34. The second kappa shape index (κ2) is 19.1. The maximum Gasteiger partial charge on any atom is 0.185 e. The number of rotatable bonds is 17. The van der Waals surface area contributed by atoms with Crippen LogP contribution in [0.25, 0.3) is 28.0 Å². The summed E-state index contributed by atoms with van der Waals surface area (Å²) in [7, 11) is 3.17. The highest BCUT2D eigenvalue weighted by molar-refractivity contribution is 6.07. The van der Waals surface area contributed by atoms with Crippen molar-refractivity contribution in [3.05, 3.63) is 113 Å². The number of ketones is 1. The van der Waals surface area contributed by atoms with Crippen LogP contribution in [-0.4, -0.2) is 92.6 Å². The van der Waals surface area contributed by atoms with Crippen molar-refractivity contribution in [1.82, 2.24) is 20.1 Å². The lowest BCUT2D eigenvalue weighted by Gasteiger charge is -2.31. The molecule has 8 rings (SSSR count). The highest BCUT2D eigenvalue weighted by Gasteiger charge is 2.26. The van der Waals surface area contributed by atoms with Crippen LogP contribution in [0.3, 0.4) is 0 Å². The standard InChI is InChI=1S/C47H50F2N4O7/c1-55-44-27-31(6-13-40(44)57-25-3-19-52-21-15-32(16-22-52)46-37-10-8-35(48)29-42(37)59-50-46)5-12-39(54)34-7-14-41(45(28-34)56-2)58-26-4-20-53-23-17-33(18-24-53)47-38-11-9-36(49)30-43(38)60-51-47/h5-14,27-30,32-33H,3-4,15-26H2,1-2H3/b12-5+. The van der Waals surface area contributed by atoms with E-state index in [0.29, 0.717) is 64.8 Å². The maximum atomic E-state index is 13.6. The van der Waals surface area contributed by atoms with E-state index < -0.39 is 0 Å². The Kier molecular flexibility index (Phi) is 13.0. The van der Waals surface area contributed by atoms with Crippen LogP contribution in [-0.2, 0) is 0 Å². The van der Waals surface area contributed by atoms with Gasteiger partial charge in [-0.1, -0.05) is 22.5 Å². The number of fused-ring (bicyclic) bond motifs is 2. The Bertz CT molecular complexity index is 2430. The lowest BCUT2D eigenvalue weighted by molar-refractivity contribution is 0.104. The largest absolute Gasteiger partial charge is 0.493 e. The van der Waals surface area contributed by atoms with Gasteiger partial charge in [-0.05, 0) is 131 Å². The van der Waals surface area contributed by atoms with Gasteiger partial charge >= 0.3 is 0 Å². The third-order valence-corrected chi connectivity index (χ3v) is 11.7. The van der Waals surface area contributed by atoms with Crippen LogP contribution >= 0.6 is 0 Å². The summed E-state index contributed by atoms with van der Waals surface area (Å²) in [4.78, 5) is 18.0. The molecule has 6 aromatic rings. The SMILES string of the molecule is COc1cc(/C=C/C(=O)c2ccc(OCCCN3CCC(c4noc5cc(F)ccc45)CC3)c(OC)c2)ccc1OCCCN1CCC(c2noc3cc(F)ccc23)CC1. The quantitative estimate of drug-likeness (QED) is 0.0498.